The summed E-state index contributed by atoms with van der Waals surface area (Å²) in [6.45, 7) is 7.98. The van der Waals surface area contributed by atoms with E-state index in [1.807, 2.05) is 33.8 Å². The Morgan fingerprint density at radius 1 is 1.07 bits per heavy atom. The first-order valence-corrected chi connectivity index (χ1v) is 16.0. The van der Waals surface area contributed by atoms with Crippen LogP contribution in [0.2, 0.25) is 0 Å². The Kier molecular flexibility index (Phi) is 7.71. The predicted molar refractivity (Wildman–Crippen MR) is 156 cm³/mol. The molecule has 1 saturated carbocycles. The molecule has 0 spiro atoms. The van der Waals surface area contributed by atoms with Gasteiger partial charge in [0.05, 0.1) is 27.6 Å². The van der Waals surface area contributed by atoms with Crippen LogP contribution >= 0.6 is 11.3 Å². The molecule has 3 aromatic rings. The molecule has 216 valence electrons. The Morgan fingerprint density at radius 3 is 2.38 bits per heavy atom. The molecule has 5 rings (SSSR count). The van der Waals surface area contributed by atoms with Gasteiger partial charge in [0.15, 0.2) is 0 Å². The molecular weight excluding hydrogens is 550 g/mol. The summed E-state index contributed by atoms with van der Waals surface area (Å²) < 4.78 is 30.3. The molecule has 2 aliphatic rings. The van der Waals surface area contributed by atoms with Crippen LogP contribution < -0.4 is 5.32 Å². The molecule has 12 heteroatoms. The average molecular weight is 588 g/mol. The Labute approximate surface area is 239 Å². The topological polar surface area (TPSA) is 125 Å². The van der Waals surface area contributed by atoms with Crippen LogP contribution in [0.4, 0.5) is 10.5 Å². The van der Waals surface area contributed by atoms with Crippen molar-refractivity contribution in [2.45, 2.75) is 76.8 Å². The zero-order chi connectivity index (χ0) is 28.8. The van der Waals surface area contributed by atoms with Gasteiger partial charge in [-0.3, -0.25) is 9.48 Å². The highest BCUT2D eigenvalue weighted by Gasteiger charge is 2.41. The lowest BCUT2D eigenvalue weighted by Crippen LogP contribution is -2.60. The van der Waals surface area contributed by atoms with Crippen molar-refractivity contribution in [1.29, 1.82) is 0 Å². The third-order valence-corrected chi connectivity index (χ3v) is 11.1. The highest BCUT2D eigenvalue weighted by atomic mass is 32.2. The number of hydrogen-bond donors (Lipinski definition) is 2. The monoisotopic (exact) mass is 587 g/mol. The largest absolute Gasteiger partial charge is 0.465 e. The minimum atomic E-state index is -3.84. The van der Waals surface area contributed by atoms with Crippen molar-refractivity contribution >= 4 is 49.3 Å². The summed E-state index contributed by atoms with van der Waals surface area (Å²) in [5, 5.41) is 18.3. The van der Waals surface area contributed by atoms with Gasteiger partial charge in [-0.1, -0.05) is 40.0 Å². The Morgan fingerprint density at radius 2 is 1.75 bits per heavy atom. The van der Waals surface area contributed by atoms with E-state index >= 15 is 0 Å². The molecule has 1 saturated heterocycles. The molecule has 1 aliphatic carbocycles. The number of nitrogens with one attached hydrogen (secondary N) is 1. The van der Waals surface area contributed by atoms with Gasteiger partial charge in [-0.05, 0) is 55.5 Å². The van der Waals surface area contributed by atoms with Crippen molar-refractivity contribution in [3.63, 3.8) is 0 Å². The molecule has 40 heavy (non-hydrogen) atoms. The number of anilines is 1. The number of fused-ring (bicyclic) bond motifs is 1. The fraction of sp³-hybridized carbons (Fsp3) is 0.536. The summed E-state index contributed by atoms with van der Waals surface area (Å²) in [6.07, 6.45) is 4.83. The first-order chi connectivity index (χ1) is 18.9. The zero-order valence-electron chi connectivity index (χ0n) is 23.4. The SMILES string of the molecule is Cc1nn(C2CCCCC2)c2sc(C(=O)Nc3ccc(S(=O)(=O)N4CCN(C(=O)O)C(C(C)(C)C)C4)cc3)cc12. The summed E-state index contributed by atoms with van der Waals surface area (Å²) in [5.74, 6) is -0.246. The molecule has 1 aliphatic heterocycles. The number of carbonyl (C=O) groups is 2. The van der Waals surface area contributed by atoms with Crippen LogP contribution in [0.25, 0.3) is 10.2 Å². The van der Waals surface area contributed by atoms with Crippen LogP contribution in [0.15, 0.2) is 35.2 Å². The number of piperazine rings is 1. The maximum Gasteiger partial charge on any atom is 0.407 e. The van der Waals surface area contributed by atoms with Crippen LogP contribution in [0.3, 0.4) is 0 Å². The average Bonchev–Trinajstić information content (AvgIpc) is 3.49. The van der Waals surface area contributed by atoms with Crippen molar-refractivity contribution < 1.29 is 23.1 Å². The molecule has 0 radical (unpaired) electrons. The number of hydrogen-bond acceptors (Lipinski definition) is 6. The lowest BCUT2D eigenvalue weighted by atomic mass is 9.85. The van der Waals surface area contributed by atoms with Crippen LogP contribution in [0, 0.1) is 12.3 Å². The minimum absolute atomic E-state index is 0.0836. The summed E-state index contributed by atoms with van der Waals surface area (Å²) >= 11 is 1.44. The van der Waals surface area contributed by atoms with Gasteiger partial charge < -0.3 is 15.3 Å². The van der Waals surface area contributed by atoms with E-state index in [1.54, 1.807) is 12.1 Å². The fourth-order valence-corrected chi connectivity index (χ4v) is 8.32. The van der Waals surface area contributed by atoms with E-state index in [0.29, 0.717) is 16.6 Å². The number of carbonyl (C=O) groups excluding carboxylic acids is 1. The van der Waals surface area contributed by atoms with Crippen LogP contribution in [0.5, 0.6) is 0 Å². The van der Waals surface area contributed by atoms with Crippen molar-refractivity contribution in [1.82, 2.24) is 19.0 Å². The number of carboxylic acid groups (broad SMARTS) is 1. The van der Waals surface area contributed by atoms with Gasteiger partial charge in [-0.25, -0.2) is 13.2 Å². The van der Waals surface area contributed by atoms with E-state index < -0.39 is 27.6 Å². The fourth-order valence-electron chi connectivity index (χ4n) is 5.76. The van der Waals surface area contributed by atoms with Gasteiger partial charge in [-0.15, -0.1) is 11.3 Å². The number of sulfonamides is 1. The molecule has 2 amide bonds. The molecule has 1 aromatic carbocycles. The number of aryl methyl sites for hydroxylation is 1. The molecule has 1 unspecified atom stereocenters. The van der Waals surface area contributed by atoms with E-state index in [1.165, 1.54) is 51.9 Å². The second kappa shape index (κ2) is 10.8. The van der Waals surface area contributed by atoms with Crippen molar-refractivity contribution in [3.8, 4) is 0 Å². The van der Waals surface area contributed by atoms with Crippen molar-refractivity contribution in [3.05, 3.63) is 40.9 Å². The van der Waals surface area contributed by atoms with Crippen LogP contribution in [-0.4, -0.2) is 70.2 Å². The standard InChI is InChI=1S/C28H37N5O5S2/c1-18-22-16-23(39-26(22)33(30-18)20-8-6-5-7-9-20)25(34)29-19-10-12-21(13-11-19)40(37,38)31-14-15-32(27(35)36)24(17-31)28(2,3)4/h10-13,16,20,24H,5-9,14-15,17H2,1-4H3,(H,29,34)(H,35,36). The maximum atomic E-state index is 13.4. The van der Waals surface area contributed by atoms with Gasteiger partial charge in [0.25, 0.3) is 5.91 Å². The third kappa shape index (κ3) is 5.48. The van der Waals surface area contributed by atoms with Crippen molar-refractivity contribution in [2.24, 2.45) is 5.41 Å². The molecule has 1 atom stereocenters. The molecular formula is C28H37N5O5S2. The van der Waals surface area contributed by atoms with Crippen molar-refractivity contribution in [2.75, 3.05) is 25.0 Å². The first-order valence-electron chi connectivity index (χ1n) is 13.8. The summed E-state index contributed by atoms with van der Waals surface area (Å²) in [6, 6.07) is 7.93. The van der Waals surface area contributed by atoms with Gasteiger partial charge >= 0.3 is 6.09 Å². The Hall–Kier alpha value is -2.96. The number of amides is 2. The lowest BCUT2D eigenvalue weighted by molar-refractivity contribution is 0.0458. The minimum Gasteiger partial charge on any atom is -0.465 e. The number of rotatable bonds is 5. The summed E-state index contributed by atoms with van der Waals surface area (Å²) in [4.78, 5) is 27.9. The van der Waals surface area contributed by atoms with E-state index in [2.05, 4.69) is 10.00 Å². The zero-order valence-corrected chi connectivity index (χ0v) is 25.0. The molecule has 2 N–H and O–H groups in total. The Bertz CT molecular complexity index is 1510. The number of nitrogens with zero attached hydrogens (tertiary/aromatic N) is 4. The normalized spacial score (nSPS) is 19.7. The smallest absolute Gasteiger partial charge is 0.407 e. The van der Waals surface area contributed by atoms with Crippen LogP contribution in [-0.2, 0) is 10.0 Å². The van der Waals surface area contributed by atoms with Gasteiger partial charge in [0.1, 0.15) is 4.83 Å². The Balaban J connectivity index is 1.30. The first kappa shape index (κ1) is 28.6. The van der Waals surface area contributed by atoms with E-state index in [0.717, 1.165) is 28.8 Å². The molecule has 2 aromatic heterocycles. The summed E-state index contributed by atoms with van der Waals surface area (Å²) in [5.41, 5.74) is 0.985. The number of aromatic nitrogens is 2. The second-order valence-electron chi connectivity index (χ2n) is 11.9. The number of thiophene rings is 1. The van der Waals surface area contributed by atoms with E-state index in [9.17, 15) is 23.1 Å². The van der Waals surface area contributed by atoms with Gasteiger partial charge in [-0.2, -0.15) is 9.40 Å². The van der Waals surface area contributed by atoms with Crippen LogP contribution in [0.1, 0.15) is 74.3 Å². The molecule has 2 fully saturated rings. The van der Waals surface area contributed by atoms with E-state index in [-0.39, 0.29) is 30.4 Å². The van der Waals surface area contributed by atoms with Gasteiger partial charge in [0.2, 0.25) is 10.0 Å². The maximum absolute atomic E-state index is 13.4. The lowest BCUT2D eigenvalue weighted by Gasteiger charge is -2.45. The third-order valence-electron chi connectivity index (χ3n) is 8.05. The highest BCUT2D eigenvalue weighted by molar-refractivity contribution is 7.89. The quantitative estimate of drug-likeness (QED) is 0.403. The second-order valence-corrected chi connectivity index (χ2v) is 14.8. The van der Waals surface area contributed by atoms with E-state index in [4.69, 9.17) is 5.10 Å². The predicted octanol–water partition coefficient (Wildman–Crippen LogP) is 5.56. The molecule has 10 nitrogen and oxygen atoms in total. The molecule has 0 bridgehead atoms. The highest BCUT2D eigenvalue weighted by Crippen LogP contribution is 2.36. The number of benzene rings is 1. The summed E-state index contributed by atoms with van der Waals surface area (Å²) in [7, 11) is -3.84. The molecule has 3 heterocycles. The van der Waals surface area contributed by atoms with Gasteiger partial charge in [0, 0.05) is 30.7 Å².